The first kappa shape index (κ1) is 15.9. The van der Waals surface area contributed by atoms with Crippen molar-refractivity contribution in [2.24, 2.45) is 0 Å². The number of nitrogens with one attached hydrogen (secondary N) is 1. The van der Waals surface area contributed by atoms with Crippen LogP contribution in [-0.2, 0) is 4.79 Å². The molecule has 1 aromatic rings. The summed E-state index contributed by atoms with van der Waals surface area (Å²) in [6.45, 7) is 4.19. The highest BCUT2D eigenvalue weighted by Gasteiger charge is 2.32. The lowest BCUT2D eigenvalue weighted by Crippen LogP contribution is -2.31. The molecule has 0 spiro atoms. The number of carbonyl (C=O) groups is 2. The Morgan fingerprint density at radius 2 is 1.95 bits per heavy atom. The fraction of sp³-hybridized carbons (Fsp3) is 0.375. The zero-order valence-electron chi connectivity index (χ0n) is 13.2. The molecule has 2 rings (SSSR count). The van der Waals surface area contributed by atoms with E-state index in [0.717, 1.165) is 12.0 Å². The number of benzene rings is 1. The van der Waals surface area contributed by atoms with Gasteiger partial charge in [0, 0.05) is 17.7 Å². The van der Waals surface area contributed by atoms with E-state index in [2.05, 4.69) is 5.32 Å². The van der Waals surface area contributed by atoms with Crippen molar-refractivity contribution in [3.63, 3.8) is 0 Å². The van der Waals surface area contributed by atoms with Gasteiger partial charge in [0.1, 0.15) is 17.2 Å². The number of hydrogen-bond donors (Lipinski definition) is 1. The predicted molar refractivity (Wildman–Crippen MR) is 82.8 cm³/mol. The molecule has 1 aliphatic heterocycles. The number of rotatable bonds is 5. The number of hydrogen-bond acceptors (Lipinski definition) is 4. The second kappa shape index (κ2) is 6.51. The molecular formula is C16H20N2O4. The van der Waals surface area contributed by atoms with Gasteiger partial charge in [-0.2, -0.15) is 0 Å². The second-order valence-electron chi connectivity index (χ2n) is 4.96. The van der Waals surface area contributed by atoms with E-state index in [4.69, 9.17) is 9.47 Å². The highest BCUT2D eigenvalue weighted by Crippen LogP contribution is 2.32. The van der Waals surface area contributed by atoms with Crippen LogP contribution >= 0.6 is 0 Å². The number of imide groups is 1. The molecule has 0 atom stereocenters. The number of carbonyl (C=O) groups excluding carboxylic acids is 2. The van der Waals surface area contributed by atoms with Crippen LogP contribution in [0.3, 0.4) is 0 Å². The van der Waals surface area contributed by atoms with E-state index in [0.29, 0.717) is 23.6 Å². The van der Waals surface area contributed by atoms with Gasteiger partial charge in [-0.15, -0.1) is 0 Å². The maximum Gasteiger partial charge on any atom is 0.329 e. The lowest BCUT2D eigenvalue weighted by molar-refractivity contribution is -0.122. The third-order valence-electron chi connectivity index (χ3n) is 3.52. The minimum Gasteiger partial charge on any atom is -0.496 e. The van der Waals surface area contributed by atoms with Crippen LogP contribution in [0.15, 0.2) is 17.8 Å². The van der Waals surface area contributed by atoms with Gasteiger partial charge in [-0.05, 0) is 31.6 Å². The van der Waals surface area contributed by atoms with E-state index in [9.17, 15) is 9.59 Å². The van der Waals surface area contributed by atoms with E-state index in [1.165, 1.54) is 4.90 Å². The fourth-order valence-electron chi connectivity index (χ4n) is 2.45. The molecule has 1 aliphatic rings. The molecule has 22 heavy (non-hydrogen) atoms. The Labute approximate surface area is 129 Å². The summed E-state index contributed by atoms with van der Waals surface area (Å²) in [4.78, 5) is 25.2. The average molecular weight is 304 g/mol. The smallest absolute Gasteiger partial charge is 0.329 e. The fourth-order valence-corrected chi connectivity index (χ4v) is 2.45. The Hall–Kier alpha value is -2.50. The molecule has 0 saturated carbocycles. The topological polar surface area (TPSA) is 67.9 Å². The van der Waals surface area contributed by atoms with Crippen LogP contribution in [0.25, 0.3) is 6.08 Å². The summed E-state index contributed by atoms with van der Waals surface area (Å²) in [6, 6.07) is 3.21. The zero-order valence-corrected chi connectivity index (χ0v) is 13.2. The third-order valence-corrected chi connectivity index (χ3v) is 3.52. The van der Waals surface area contributed by atoms with Gasteiger partial charge in [0.05, 0.1) is 14.2 Å². The summed E-state index contributed by atoms with van der Waals surface area (Å²) >= 11 is 0. The van der Waals surface area contributed by atoms with Crippen molar-refractivity contribution in [1.29, 1.82) is 0 Å². The molecule has 0 bridgehead atoms. The van der Waals surface area contributed by atoms with Crippen molar-refractivity contribution in [2.75, 3.05) is 20.8 Å². The zero-order chi connectivity index (χ0) is 16.3. The van der Waals surface area contributed by atoms with E-state index >= 15 is 0 Å². The van der Waals surface area contributed by atoms with Crippen LogP contribution < -0.4 is 14.8 Å². The van der Waals surface area contributed by atoms with Crippen LogP contribution in [0.2, 0.25) is 0 Å². The number of nitrogens with zero attached hydrogens (tertiary/aromatic N) is 1. The largest absolute Gasteiger partial charge is 0.496 e. The Balaban J connectivity index is 2.40. The van der Waals surface area contributed by atoms with Crippen molar-refractivity contribution in [3.8, 4) is 11.5 Å². The van der Waals surface area contributed by atoms with Crippen molar-refractivity contribution in [1.82, 2.24) is 10.2 Å². The van der Waals surface area contributed by atoms with Crippen molar-refractivity contribution >= 4 is 18.0 Å². The van der Waals surface area contributed by atoms with Crippen LogP contribution in [0, 0.1) is 6.92 Å². The molecule has 0 unspecified atom stereocenters. The van der Waals surface area contributed by atoms with Gasteiger partial charge >= 0.3 is 6.03 Å². The lowest BCUT2D eigenvalue weighted by atomic mass is 10.1. The lowest BCUT2D eigenvalue weighted by Gasteiger charge is -2.12. The SMILES string of the molecule is CCCN1C(=O)N/C(=C/c2ccc(OC)c(C)c2OC)C1=O. The molecule has 1 heterocycles. The van der Waals surface area contributed by atoms with E-state index in [1.807, 2.05) is 13.8 Å². The Bertz CT molecular complexity index is 637. The Kier molecular flexibility index (Phi) is 4.70. The quantitative estimate of drug-likeness (QED) is 0.669. The van der Waals surface area contributed by atoms with E-state index in [-0.39, 0.29) is 17.6 Å². The third kappa shape index (κ3) is 2.77. The molecular weight excluding hydrogens is 284 g/mol. The van der Waals surface area contributed by atoms with Gasteiger partial charge < -0.3 is 14.8 Å². The summed E-state index contributed by atoms with van der Waals surface area (Å²) in [5.74, 6) is 0.999. The number of methoxy groups -OCH3 is 2. The van der Waals surface area contributed by atoms with Gasteiger partial charge in [-0.3, -0.25) is 9.69 Å². The number of amides is 3. The van der Waals surface area contributed by atoms with Gasteiger partial charge in [-0.25, -0.2) is 4.79 Å². The first-order valence-electron chi connectivity index (χ1n) is 7.09. The maximum absolute atomic E-state index is 12.2. The maximum atomic E-state index is 12.2. The van der Waals surface area contributed by atoms with Gasteiger partial charge in [-0.1, -0.05) is 6.92 Å². The summed E-state index contributed by atoms with van der Waals surface area (Å²) in [5.41, 5.74) is 1.80. The summed E-state index contributed by atoms with van der Waals surface area (Å²) in [7, 11) is 3.14. The highest BCUT2D eigenvalue weighted by atomic mass is 16.5. The molecule has 1 saturated heterocycles. The molecule has 0 aliphatic carbocycles. The molecule has 6 heteroatoms. The molecule has 1 fully saturated rings. The first-order valence-corrected chi connectivity index (χ1v) is 7.09. The molecule has 118 valence electrons. The Morgan fingerprint density at radius 1 is 1.23 bits per heavy atom. The standard InChI is InChI=1S/C16H20N2O4/c1-5-8-18-15(19)12(17-16(18)20)9-11-6-7-13(21-3)10(2)14(11)22-4/h6-7,9H,5,8H2,1-4H3,(H,17,20)/b12-9+. The van der Waals surface area contributed by atoms with Crippen molar-refractivity contribution in [3.05, 3.63) is 29.0 Å². The summed E-state index contributed by atoms with van der Waals surface area (Å²) < 4.78 is 10.7. The van der Waals surface area contributed by atoms with Crippen LogP contribution in [0.5, 0.6) is 11.5 Å². The van der Waals surface area contributed by atoms with E-state index < -0.39 is 0 Å². The molecule has 1 N–H and O–H groups in total. The molecule has 1 aromatic carbocycles. The average Bonchev–Trinajstić information content (AvgIpc) is 2.76. The second-order valence-corrected chi connectivity index (χ2v) is 4.96. The van der Waals surface area contributed by atoms with Crippen LogP contribution in [0.1, 0.15) is 24.5 Å². The molecule has 0 aromatic heterocycles. The normalized spacial score (nSPS) is 16.2. The Morgan fingerprint density at radius 3 is 2.55 bits per heavy atom. The van der Waals surface area contributed by atoms with Crippen molar-refractivity contribution < 1.29 is 19.1 Å². The minimum atomic E-state index is -0.387. The van der Waals surface area contributed by atoms with Gasteiger partial charge in [0.15, 0.2) is 0 Å². The number of ether oxygens (including phenoxy) is 2. The molecule has 3 amide bonds. The van der Waals surface area contributed by atoms with Crippen LogP contribution in [0.4, 0.5) is 4.79 Å². The summed E-state index contributed by atoms with van der Waals surface area (Å²) in [5, 5.41) is 2.60. The monoisotopic (exact) mass is 304 g/mol. The van der Waals surface area contributed by atoms with E-state index in [1.54, 1.807) is 32.4 Å². The highest BCUT2D eigenvalue weighted by molar-refractivity contribution is 6.14. The van der Waals surface area contributed by atoms with Crippen LogP contribution in [-0.4, -0.2) is 37.6 Å². The summed E-state index contributed by atoms with van der Waals surface area (Å²) in [6.07, 6.45) is 2.35. The molecule has 6 nitrogen and oxygen atoms in total. The predicted octanol–water partition coefficient (Wildman–Crippen LogP) is 2.31. The van der Waals surface area contributed by atoms with Gasteiger partial charge in [0.2, 0.25) is 0 Å². The number of urea groups is 1. The van der Waals surface area contributed by atoms with Crippen molar-refractivity contribution in [2.45, 2.75) is 20.3 Å². The molecule has 0 radical (unpaired) electrons. The van der Waals surface area contributed by atoms with Gasteiger partial charge in [0.25, 0.3) is 5.91 Å². The first-order chi connectivity index (χ1) is 10.5. The minimum absolute atomic E-state index is 0.251.